The van der Waals surface area contributed by atoms with E-state index in [0.717, 1.165) is 103 Å². The molecule has 0 radical (unpaired) electrons. The number of hydrogen-bond donors (Lipinski definition) is 0. The van der Waals surface area contributed by atoms with Crippen molar-refractivity contribution >= 4 is 17.9 Å². The summed E-state index contributed by atoms with van der Waals surface area (Å²) in [6.45, 7) is 6.52. The minimum absolute atomic E-state index is 0.0876. The Labute approximate surface area is 408 Å². The van der Waals surface area contributed by atoms with Gasteiger partial charge in [-0.05, 0) is 109 Å². The van der Waals surface area contributed by atoms with Gasteiger partial charge in [0.2, 0.25) is 0 Å². The molecule has 0 bridgehead atoms. The van der Waals surface area contributed by atoms with Crippen molar-refractivity contribution in [2.45, 2.75) is 277 Å². The molecule has 0 amide bonds. The Balaban J connectivity index is 4.35. The summed E-state index contributed by atoms with van der Waals surface area (Å²) in [6.07, 6.45) is 68.9. The number of esters is 3. The predicted octanol–water partition coefficient (Wildman–Crippen LogP) is 18.6. The average Bonchev–Trinajstić information content (AvgIpc) is 3.31. The van der Waals surface area contributed by atoms with E-state index >= 15 is 0 Å². The molecular formula is C60H104O6. The van der Waals surface area contributed by atoms with Crippen molar-refractivity contribution in [2.24, 2.45) is 0 Å². The first-order valence-corrected chi connectivity index (χ1v) is 27.9. The van der Waals surface area contributed by atoms with E-state index in [2.05, 4.69) is 93.7 Å². The Morgan fingerprint density at radius 3 is 0.955 bits per heavy atom. The number of carbonyl (C=O) groups is 3. The van der Waals surface area contributed by atoms with Crippen LogP contribution in [0.15, 0.2) is 72.9 Å². The van der Waals surface area contributed by atoms with Crippen molar-refractivity contribution < 1.29 is 28.6 Å². The van der Waals surface area contributed by atoms with Crippen molar-refractivity contribution in [3.8, 4) is 0 Å². The first-order chi connectivity index (χ1) is 32.5. The van der Waals surface area contributed by atoms with Crippen LogP contribution in [-0.2, 0) is 28.6 Å². The van der Waals surface area contributed by atoms with Gasteiger partial charge in [-0.25, -0.2) is 0 Å². The molecule has 0 aliphatic carbocycles. The van der Waals surface area contributed by atoms with Gasteiger partial charge in [-0.2, -0.15) is 0 Å². The molecule has 6 nitrogen and oxygen atoms in total. The Bertz CT molecular complexity index is 1240. The average molecular weight is 921 g/mol. The summed E-state index contributed by atoms with van der Waals surface area (Å²) >= 11 is 0. The van der Waals surface area contributed by atoms with Gasteiger partial charge in [0.15, 0.2) is 6.10 Å². The fraction of sp³-hybridized carbons (Fsp3) is 0.750. The van der Waals surface area contributed by atoms with Crippen LogP contribution in [0.2, 0.25) is 0 Å². The maximum absolute atomic E-state index is 12.8. The van der Waals surface area contributed by atoms with Crippen LogP contribution in [0.1, 0.15) is 271 Å². The number of carbonyl (C=O) groups excluding carboxylic acids is 3. The van der Waals surface area contributed by atoms with Gasteiger partial charge in [-0.3, -0.25) is 14.4 Å². The highest BCUT2D eigenvalue weighted by Crippen LogP contribution is 2.14. The van der Waals surface area contributed by atoms with E-state index in [1.807, 2.05) is 0 Å². The van der Waals surface area contributed by atoms with Crippen molar-refractivity contribution in [1.82, 2.24) is 0 Å². The van der Waals surface area contributed by atoms with Crippen molar-refractivity contribution in [3.05, 3.63) is 72.9 Å². The summed E-state index contributed by atoms with van der Waals surface area (Å²) in [7, 11) is 0. The van der Waals surface area contributed by atoms with Crippen molar-refractivity contribution in [1.29, 1.82) is 0 Å². The van der Waals surface area contributed by atoms with Gasteiger partial charge in [0.1, 0.15) is 13.2 Å². The Kier molecular flexibility index (Phi) is 51.9. The summed E-state index contributed by atoms with van der Waals surface area (Å²) in [5.74, 6) is -0.914. The molecule has 0 aliphatic rings. The molecule has 66 heavy (non-hydrogen) atoms. The van der Waals surface area contributed by atoms with E-state index in [1.165, 1.54) is 128 Å². The smallest absolute Gasteiger partial charge is 0.306 e. The van der Waals surface area contributed by atoms with Crippen LogP contribution in [0.3, 0.4) is 0 Å². The molecule has 0 fully saturated rings. The Morgan fingerprint density at radius 1 is 0.303 bits per heavy atom. The van der Waals surface area contributed by atoms with Gasteiger partial charge in [0, 0.05) is 19.3 Å². The number of allylic oxidation sites excluding steroid dienone is 12. The lowest BCUT2D eigenvalue weighted by molar-refractivity contribution is -0.167. The van der Waals surface area contributed by atoms with Crippen LogP contribution in [0, 0.1) is 0 Å². The van der Waals surface area contributed by atoms with Gasteiger partial charge < -0.3 is 14.2 Å². The summed E-state index contributed by atoms with van der Waals surface area (Å²) in [5, 5.41) is 0. The second kappa shape index (κ2) is 54.5. The third kappa shape index (κ3) is 51.8. The van der Waals surface area contributed by atoms with E-state index in [9.17, 15) is 14.4 Å². The zero-order chi connectivity index (χ0) is 47.9. The van der Waals surface area contributed by atoms with Crippen LogP contribution in [-0.4, -0.2) is 37.2 Å². The molecule has 1 unspecified atom stereocenters. The van der Waals surface area contributed by atoms with Gasteiger partial charge in [-0.1, -0.05) is 216 Å². The lowest BCUT2D eigenvalue weighted by Crippen LogP contribution is -2.30. The monoisotopic (exact) mass is 921 g/mol. The van der Waals surface area contributed by atoms with E-state index < -0.39 is 6.10 Å². The van der Waals surface area contributed by atoms with Gasteiger partial charge in [0.25, 0.3) is 0 Å². The zero-order valence-corrected chi connectivity index (χ0v) is 43.4. The third-order valence-corrected chi connectivity index (χ3v) is 11.9. The normalized spacial score (nSPS) is 12.6. The Hall–Kier alpha value is -3.15. The highest BCUT2D eigenvalue weighted by atomic mass is 16.6. The van der Waals surface area contributed by atoms with Crippen LogP contribution in [0.5, 0.6) is 0 Å². The van der Waals surface area contributed by atoms with Crippen LogP contribution >= 0.6 is 0 Å². The lowest BCUT2D eigenvalue weighted by atomic mass is 10.1. The lowest BCUT2D eigenvalue weighted by Gasteiger charge is -2.18. The Morgan fingerprint density at radius 2 is 0.576 bits per heavy atom. The summed E-state index contributed by atoms with van der Waals surface area (Å²) in [6, 6.07) is 0. The van der Waals surface area contributed by atoms with Crippen LogP contribution in [0.25, 0.3) is 0 Å². The summed E-state index contributed by atoms with van der Waals surface area (Å²) < 4.78 is 16.8. The first-order valence-electron chi connectivity index (χ1n) is 27.9. The number of unbranched alkanes of at least 4 members (excludes halogenated alkanes) is 27. The molecule has 0 aromatic carbocycles. The zero-order valence-electron chi connectivity index (χ0n) is 43.4. The van der Waals surface area contributed by atoms with Crippen LogP contribution < -0.4 is 0 Å². The molecule has 380 valence electrons. The first kappa shape index (κ1) is 62.8. The molecule has 0 spiro atoms. The van der Waals surface area contributed by atoms with E-state index in [0.29, 0.717) is 19.3 Å². The molecule has 0 heterocycles. The number of rotatable bonds is 50. The number of ether oxygens (including phenoxy) is 3. The second-order valence-corrected chi connectivity index (χ2v) is 18.5. The molecule has 0 aromatic heterocycles. The molecule has 0 N–H and O–H groups in total. The maximum Gasteiger partial charge on any atom is 0.306 e. The highest BCUT2D eigenvalue weighted by Gasteiger charge is 2.19. The van der Waals surface area contributed by atoms with E-state index in [-0.39, 0.29) is 31.1 Å². The fourth-order valence-electron chi connectivity index (χ4n) is 7.66. The standard InChI is InChI=1S/C60H104O6/c1-4-7-10-13-16-19-22-24-26-28-29-30-31-33-34-36-38-41-44-47-50-53-59(62)65-56-57(55-64-58(61)52-49-46-43-40-21-18-15-12-9-6-3)66-60(63)54-51-48-45-42-39-37-35-32-27-25-23-20-17-14-11-8-5-2/h12,15,17,20,22,24-25,27-29,31,33,57H,4-11,13-14,16,18-19,21,23,26,30,32,34-56H2,1-3H3/b15-12-,20-17-,24-22-,27-25-,29-28-,33-31-. The maximum atomic E-state index is 12.8. The van der Waals surface area contributed by atoms with E-state index in [4.69, 9.17) is 14.2 Å². The summed E-state index contributed by atoms with van der Waals surface area (Å²) in [5.41, 5.74) is 0. The van der Waals surface area contributed by atoms with Crippen LogP contribution in [0.4, 0.5) is 0 Å². The van der Waals surface area contributed by atoms with Crippen molar-refractivity contribution in [2.75, 3.05) is 13.2 Å². The van der Waals surface area contributed by atoms with Gasteiger partial charge in [-0.15, -0.1) is 0 Å². The molecular weight excluding hydrogens is 817 g/mol. The highest BCUT2D eigenvalue weighted by molar-refractivity contribution is 5.71. The molecule has 6 heteroatoms. The van der Waals surface area contributed by atoms with Crippen molar-refractivity contribution in [3.63, 3.8) is 0 Å². The van der Waals surface area contributed by atoms with Gasteiger partial charge >= 0.3 is 17.9 Å². The largest absolute Gasteiger partial charge is 0.462 e. The molecule has 0 saturated heterocycles. The molecule has 0 saturated carbocycles. The molecule has 0 rings (SSSR count). The number of hydrogen-bond acceptors (Lipinski definition) is 6. The third-order valence-electron chi connectivity index (χ3n) is 11.9. The quantitative estimate of drug-likeness (QED) is 0.0262. The van der Waals surface area contributed by atoms with Gasteiger partial charge in [0.05, 0.1) is 0 Å². The van der Waals surface area contributed by atoms with E-state index in [1.54, 1.807) is 0 Å². The fourth-order valence-corrected chi connectivity index (χ4v) is 7.66. The topological polar surface area (TPSA) is 78.9 Å². The molecule has 0 aromatic rings. The molecule has 1 atom stereocenters. The second-order valence-electron chi connectivity index (χ2n) is 18.5. The predicted molar refractivity (Wildman–Crippen MR) is 284 cm³/mol. The summed E-state index contributed by atoms with van der Waals surface area (Å²) in [4.78, 5) is 38.0. The molecule has 0 aliphatic heterocycles. The SMILES string of the molecule is CCC/C=C\CCCCCCCC(=O)OCC(COC(=O)CCCCCCCC/C=C\C/C=C\C/C=C\CCCCCCC)OC(=O)CCCCCCCCC/C=C\C/C=C\CCCCC. The minimum atomic E-state index is -0.788. The minimum Gasteiger partial charge on any atom is -0.462 e.